The molecular formula is C20H21N3O3. The van der Waals surface area contributed by atoms with E-state index in [0.29, 0.717) is 35.6 Å². The maximum Gasteiger partial charge on any atom is 0.341 e. The maximum atomic E-state index is 12.3. The van der Waals surface area contributed by atoms with Crippen LogP contribution in [0.5, 0.6) is 5.75 Å². The molecule has 0 saturated heterocycles. The predicted molar refractivity (Wildman–Crippen MR) is 102 cm³/mol. The second kappa shape index (κ2) is 7.74. The highest BCUT2D eigenvalue weighted by Gasteiger charge is 2.17. The van der Waals surface area contributed by atoms with Crippen molar-refractivity contribution in [2.24, 2.45) is 0 Å². The Morgan fingerprint density at radius 1 is 1.19 bits per heavy atom. The van der Waals surface area contributed by atoms with E-state index in [1.807, 2.05) is 36.4 Å². The van der Waals surface area contributed by atoms with Crippen LogP contribution in [0.2, 0.25) is 0 Å². The Labute approximate surface area is 151 Å². The number of ether oxygens (including phenoxy) is 2. The number of carbonyl (C=O) groups is 1. The largest absolute Gasteiger partial charge is 0.497 e. The molecule has 1 aromatic heterocycles. The smallest absolute Gasteiger partial charge is 0.341 e. The van der Waals surface area contributed by atoms with Crippen LogP contribution in [0.3, 0.4) is 0 Å². The van der Waals surface area contributed by atoms with Crippen molar-refractivity contribution < 1.29 is 14.3 Å². The van der Waals surface area contributed by atoms with Crippen LogP contribution in [0.1, 0.15) is 22.8 Å². The summed E-state index contributed by atoms with van der Waals surface area (Å²) in [4.78, 5) is 16.7. The quantitative estimate of drug-likeness (QED) is 0.521. The number of anilines is 2. The van der Waals surface area contributed by atoms with Crippen molar-refractivity contribution in [2.75, 3.05) is 24.8 Å². The molecule has 0 aliphatic rings. The minimum Gasteiger partial charge on any atom is -0.497 e. The van der Waals surface area contributed by atoms with E-state index < -0.39 is 5.97 Å². The fraction of sp³-hybridized carbons (Fsp3) is 0.200. The number of hydrogen-bond donors (Lipinski definition) is 2. The average molecular weight is 351 g/mol. The summed E-state index contributed by atoms with van der Waals surface area (Å²) < 4.78 is 10.3. The topological polar surface area (TPSA) is 86.5 Å². The lowest BCUT2D eigenvalue weighted by Gasteiger charge is -2.15. The first-order chi connectivity index (χ1) is 12.6. The van der Waals surface area contributed by atoms with Crippen LogP contribution < -0.4 is 15.8 Å². The number of nitrogens with one attached hydrogen (secondary N) is 1. The number of nitrogens with zero attached hydrogens (tertiary/aromatic N) is 1. The second-order valence-electron chi connectivity index (χ2n) is 5.71. The van der Waals surface area contributed by atoms with Crippen LogP contribution in [0.25, 0.3) is 10.9 Å². The molecule has 0 amide bonds. The van der Waals surface area contributed by atoms with Crippen LogP contribution in [0.4, 0.5) is 11.4 Å². The highest BCUT2D eigenvalue weighted by molar-refractivity contribution is 6.07. The van der Waals surface area contributed by atoms with E-state index in [0.717, 1.165) is 16.7 Å². The van der Waals surface area contributed by atoms with Crippen LogP contribution in [-0.2, 0) is 11.3 Å². The molecule has 6 heteroatoms. The van der Waals surface area contributed by atoms with E-state index in [2.05, 4.69) is 10.3 Å². The number of carbonyl (C=O) groups excluding carboxylic acids is 1. The number of esters is 1. The summed E-state index contributed by atoms with van der Waals surface area (Å²) in [5.74, 6) is 0.379. The Bertz CT molecular complexity index is 923. The summed E-state index contributed by atoms with van der Waals surface area (Å²) in [5.41, 5.74) is 9.34. The van der Waals surface area contributed by atoms with Crippen molar-refractivity contribution in [1.82, 2.24) is 4.98 Å². The lowest BCUT2D eigenvalue weighted by atomic mass is 10.1. The van der Waals surface area contributed by atoms with Crippen LogP contribution in [0.15, 0.2) is 48.7 Å². The zero-order valence-corrected chi connectivity index (χ0v) is 14.8. The number of fused-ring (bicyclic) bond motifs is 1. The van der Waals surface area contributed by atoms with Crippen molar-refractivity contribution in [1.29, 1.82) is 0 Å². The second-order valence-corrected chi connectivity index (χ2v) is 5.71. The van der Waals surface area contributed by atoms with E-state index >= 15 is 0 Å². The third kappa shape index (κ3) is 3.54. The summed E-state index contributed by atoms with van der Waals surface area (Å²) in [7, 11) is 1.63. The Morgan fingerprint density at radius 2 is 1.96 bits per heavy atom. The van der Waals surface area contributed by atoms with E-state index in [4.69, 9.17) is 15.2 Å². The molecule has 134 valence electrons. The lowest BCUT2D eigenvalue weighted by Crippen LogP contribution is -2.11. The monoisotopic (exact) mass is 351 g/mol. The molecule has 0 aliphatic heterocycles. The number of nitrogens with two attached hydrogens (primary N) is 1. The summed E-state index contributed by atoms with van der Waals surface area (Å²) in [6.45, 7) is 2.60. The van der Waals surface area contributed by atoms with Gasteiger partial charge in [-0.05, 0) is 30.7 Å². The normalized spacial score (nSPS) is 10.5. The Kier molecular flexibility index (Phi) is 5.22. The van der Waals surface area contributed by atoms with Gasteiger partial charge >= 0.3 is 5.97 Å². The van der Waals surface area contributed by atoms with Gasteiger partial charge in [0, 0.05) is 18.1 Å². The maximum absolute atomic E-state index is 12.3. The van der Waals surface area contributed by atoms with Crippen LogP contribution >= 0.6 is 0 Å². The molecule has 0 saturated carbocycles. The van der Waals surface area contributed by atoms with Gasteiger partial charge in [0.15, 0.2) is 0 Å². The van der Waals surface area contributed by atoms with Gasteiger partial charge in [0.1, 0.15) is 11.3 Å². The number of pyridine rings is 1. The standard InChI is InChI=1S/C20H21N3O3/c1-3-26-20(24)16-12-23-19-15(5-4-6-17(19)21)18(16)22-11-13-7-9-14(25-2)10-8-13/h4-10,12H,3,11,21H2,1-2H3,(H,22,23). The molecule has 0 unspecified atom stereocenters. The molecule has 0 radical (unpaired) electrons. The first-order valence-corrected chi connectivity index (χ1v) is 8.35. The fourth-order valence-corrected chi connectivity index (χ4v) is 2.73. The summed E-state index contributed by atoms with van der Waals surface area (Å²) in [6, 6.07) is 13.2. The van der Waals surface area contributed by atoms with E-state index in [-0.39, 0.29) is 0 Å². The summed E-state index contributed by atoms with van der Waals surface area (Å²) in [6.07, 6.45) is 1.51. The minimum absolute atomic E-state index is 0.297. The van der Waals surface area contributed by atoms with E-state index in [9.17, 15) is 4.79 Å². The van der Waals surface area contributed by atoms with Gasteiger partial charge in [0.2, 0.25) is 0 Å². The Morgan fingerprint density at radius 3 is 2.65 bits per heavy atom. The summed E-state index contributed by atoms with van der Waals surface area (Å²) in [5, 5.41) is 4.12. The molecule has 1 heterocycles. The van der Waals surface area contributed by atoms with Gasteiger partial charge in [-0.2, -0.15) is 0 Å². The molecule has 0 bridgehead atoms. The lowest BCUT2D eigenvalue weighted by molar-refractivity contribution is 0.0527. The Hall–Kier alpha value is -3.28. The third-order valence-electron chi connectivity index (χ3n) is 4.05. The molecular weight excluding hydrogens is 330 g/mol. The molecule has 26 heavy (non-hydrogen) atoms. The molecule has 6 nitrogen and oxygen atoms in total. The SMILES string of the molecule is CCOC(=O)c1cnc2c(N)cccc2c1NCc1ccc(OC)cc1. The molecule has 0 fully saturated rings. The number of para-hydroxylation sites is 1. The summed E-state index contributed by atoms with van der Waals surface area (Å²) >= 11 is 0. The first-order valence-electron chi connectivity index (χ1n) is 8.35. The van der Waals surface area contributed by atoms with Gasteiger partial charge in [0.25, 0.3) is 0 Å². The predicted octanol–water partition coefficient (Wildman–Crippen LogP) is 3.61. The fourth-order valence-electron chi connectivity index (χ4n) is 2.73. The van der Waals surface area contributed by atoms with Crippen molar-refractivity contribution in [3.63, 3.8) is 0 Å². The van der Waals surface area contributed by atoms with Crippen molar-refractivity contribution in [3.05, 3.63) is 59.8 Å². The molecule has 2 aromatic carbocycles. The van der Waals surface area contributed by atoms with Crippen molar-refractivity contribution >= 4 is 28.2 Å². The highest BCUT2D eigenvalue weighted by Crippen LogP contribution is 2.30. The van der Waals surface area contributed by atoms with Gasteiger partial charge in [0.05, 0.1) is 30.6 Å². The number of aromatic nitrogens is 1. The zero-order valence-electron chi connectivity index (χ0n) is 14.8. The third-order valence-corrected chi connectivity index (χ3v) is 4.05. The van der Waals surface area contributed by atoms with Gasteiger partial charge < -0.3 is 20.5 Å². The van der Waals surface area contributed by atoms with Gasteiger partial charge in [-0.25, -0.2) is 4.79 Å². The van der Waals surface area contributed by atoms with Gasteiger partial charge in [-0.1, -0.05) is 24.3 Å². The number of nitrogen functional groups attached to an aromatic ring is 1. The molecule has 3 N–H and O–H groups in total. The van der Waals surface area contributed by atoms with E-state index in [1.54, 1.807) is 20.1 Å². The number of hydrogen-bond acceptors (Lipinski definition) is 6. The van der Waals surface area contributed by atoms with Gasteiger partial charge in [-0.3, -0.25) is 4.98 Å². The van der Waals surface area contributed by atoms with Crippen molar-refractivity contribution in [2.45, 2.75) is 13.5 Å². The Balaban J connectivity index is 1.98. The minimum atomic E-state index is -0.415. The average Bonchev–Trinajstić information content (AvgIpc) is 2.67. The number of methoxy groups -OCH3 is 1. The molecule has 0 atom stereocenters. The van der Waals surface area contributed by atoms with E-state index in [1.165, 1.54) is 6.20 Å². The highest BCUT2D eigenvalue weighted by atomic mass is 16.5. The molecule has 0 spiro atoms. The molecule has 3 aromatic rings. The van der Waals surface area contributed by atoms with Gasteiger partial charge in [-0.15, -0.1) is 0 Å². The number of benzene rings is 2. The van der Waals surface area contributed by atoms with Crippen LogP contribution in [-0.4, -0.2) is 24.7 Å². The van der Waals surface area contributed by atoms with Crippen molar-refractivity contribution in [3.8, 4) is 5.75 Å². The molecule has 3 rings (SSSR count). The molecule has 0 aliphatic carbocycles. The first kappa shape index (κ1) is 17.5. The number of rotatable bonds is 6. The zero-order chi connectivity index (χ0) is 18.5. The van der Waals surface area contributed by atoms with Crippen LogP contribution in [0, 0.1) is 0 Å².